The number of imidazole rings is 4. The second kappa shape index (κ2) is 41.3. The van der Waals surface area contributed by atoms with Gasteiger partial charge in [-0.25, -0.2) is 33.1 Å². The molecular formula is C93H106N20O9S4. The standard InChI is InChI=1S/C25H29N5O2S.C23H27N5O3S2.C23H27N5O2.C22H23N5O2S/c1-4-22(33-3)25(32)29(2)17-8-7-9-18(15-17)30-21-12-11-16(23(26)31)14-20(21)28-24(30)19-10-5-6-13-27-19;1-3-21(32-2)33(30,31)27-16-7-6-8-17(14-16)28-20-11-10-15(22(24)29)13-19(20)26-23(28)18-9-4-5-12-25-18;1-14(2)23(30)26-16-6-5-7-17(13-16)28-20-10-9-15(21(24)29)12-19(20)27-22(28)18-8-3-4-11-25-18;1-13(30)22(29)25-15-5-4-6-16(12-15)27-19-9-8-14(20(23)28)11-18(19)26-21(27)17-7-2-3-10-24-17/h4-6,10-14,17-18H,7-9,15H2,1-3H3,(H2,26,31);3-5,9-13,16-17,27H,6-8,14H2,1-2H3,(H2,24,29);3-4,8-12,14,16-17H,5-7,13H2,1-2H3,(H2,24,29)(H,26,30);2-3,7-11,15-16,30H,1,4-6,12H2,(H2,23,28)(H,25,29)/b22-4-;21-3+;;. The summed E-state index contributed by atoms with van der Waals surface area (Å²) in [6, 6.07) is 44.8. The van der Waals surface area contributed by atoms with E-state index in [1.54, 1.807) is 92.6 Å². The third-order valence-electron chi connectivity index (χ3n) is 23.5. The Hall–Kier alpha value is -12.2. The average Bonchev–Trinajstić information content (AvgIpc) is 1.63. The van der Waals surface area contributed by atoms with Gasteiger partial charge in [-0.2, -0.15) is 0 Å². The molecule has 8 atom stereocenters. The van der Waals surface area contributed by atoms with Crippen LogP contribution in [0.1, 0.15) is 196 Å². The second-order valence-electron chi connectivity index (χ2n) is 32.2. The topological polar surface area (TPSA) is 420 Å². The van der Waals surface area contributed by atoms with E-state index in [-0.39, 0.29) is 76.9 Å². The molecule has 0 aliphatic heterocycles. The molecule has 12 aromatic rings. The van der Waals surface area contributed by atoms with Gasteiger partial charge in [0.1, 0.15) is 27.0 Å². The van der Waals surface area contributed by atoms with Crippen LogP contribution in [0.15, 0.2) is 203 Å². The van der Waals surface area contributed by atoms with E-state index in [4.69, 9.17) is 42.9 Å². The summed E-state index contributed by atoms with van der Waals surface area (Å²) in [4.78, 5) is 124. The Morgan fingerprint density at radius 3 is 1.10 bits per heavy atom. The molecular weight excluding hydrogens is 1670 g/mol. The maximum absolute atomic E-state index is 13.0. The van der Waals surface area contributed by atoms with Crippen LogP contribution in [-0.4, -0.2) is 157 Å². The number of carbonyl (C=O) groups excluding carboxylic acids is 7. The Bertz CT molecular complexity index is 6200. The highest BCUT2D eigenvalue weighted by Gasteiger charge is 2.36. The summed E-state index contributed by atoms with van der Waals surface area (Å²) in [6.45, 7) is 11.0. The number of rotatable bonds is 23. The van der Waals surface area contributed by atoms with Crippen LogP contribution >= 0.6 is 36.2 Å². The molecule has 4 aromatic carbocycles. The van der Waals surface area contributed by atoms with Crippen molar-refractivity contribution in [2.75, 3.05) is 19.6 Å². The third-order valence-corrected chi connectivity index (χ3v) is 27.8. The molecule has 0 bridgehead atoms. The first-order valence-corrected chi connectivity index (χ1v) is 46.7. The van der Waals surface area contributed by atoms with Crippen molar-refractivity contribution < 1.29 is 42.0 Å². The number of benzene rings is 4. The first-order valence-electron chi connectivity index (χ1n) is 42.3. The van der Waals surface area contributed by atoms with Crippen LogP contribution in [0.3, 0.4) is 0 Å². The molecule has 33 heteroatoms. The van der Waals surface area contributed by atoms with Crippen LogP contribution < -0.4 is 38.3 Å². The van der Waals surface area contributed by atoms with E-state index in [0.29, 0.717) is 49.8 Å². The van der Waals surface area contributed by atoms with Gasteiger partial charge in [-0.15, -0.1) is 36.2 Å². The van der Waals surface area contributed by atoms with Crippen molar-refractivity contribution in [3.8, 4) is 46.1 Å². The molecule has 4 saturated carbocycles. The Morgan fingerprint density at radius 1 is 0.468 bits per heavy atom. The monoisotopic (exact) mass is 1770 g/mol. The molecule has 11 N–H and O–H groups in total. The number of thioether (sulfide) groups is 2. The van der Waals surface area contributed by atoms with Crippen LogP contribution in [0, 0.1) is 5.92 Å². The van der Waals surface area contributed by atoms with Crippen molar-refractivity contribution in [3.05, 3.63) is 225 Å². The molecule has 8 heterocycles. The number of allylic oxidation sites excluding steroid dienone is 2. The predicted octanol–water partition coefficient (Wildman–Crippen LogP) is 14.9. The van der Waals surface area contributed by atoms with Crippen LogP contribution in [0.2, 0.25) is 0 Å². The van der Waals surface area contributed by atoms with Gasteiger partial charge in [-0.1, -0.05) is 56.8 Å². The minimum atomic E-state index is -3.55. The van der Waals surface area contributed by atoms with Gasteiger partial charge in [0.05, 0.1) is 53.9 Å². The molecule has 8 unspecified atom stereocenters. The summed E-state index contributed by atoms with van der Waals surface area (Å²) in [5.74, 6) is 0.919. The molecule has 4 aliphatic rings. The normalized spacial score (nSPS) is 19.2. The average molecular weight is 1780 g/mol. The van der Waals surface area contributed by atoms with E-state index < -0.39 is 33.7 Å². The number of thiol groups is 1. The lowest BCUT2D eigenvalue weighted by molar-refractivity contribution is -0.128. The van der Waals surface area contributed by atoms with Crippen molar-refractivity contribution >= 4 is 132 Å². The molecule has 0 radical (unpaired) electrons. The minimum Gasteiger partial charge on any atom is -0.366 e. The summed E-state index contributed by atoms with van der Waals surface area (Å²) < 4.78 is 37.5. The Balaban J connectivity index is 0.000000144. The zero-order valence-electron chi connectivity index (χ0n) is 71.5. The molecule has 656 valence electrons. The second-order valence-corrected chi connectivity index (χ2v) is 36.3. The summed E-state index contributed by atoms with van der Waals surface area (Å²) in [5.41, 5.74) is 33.1. The number of amides is 7. The van der Waals surface area contributed by atoms with E-state index >= 15 is 0 Å². The fourth-order valence-corrected chi connectivity index (χ4v) is 20.4. The Morgan fingerprint density at radius 2 is 0.802 bits per heavy atom. The summed E-state index contributed by atoms with van der Waals surface area (Å²) >= 11 is 6.75. The SMILES string of the molecule is C/C=C(\SC)C(=O)N(C)C1CCCC(n2c(-c3ccccn3)nc3cc(C(N)=O)ccc32)C1.C/C=C(\SC)S(=O)(=O)NC1CCCC(n2c(-c3ccccn3)nc3cc(C(N)=O)ccc32)C1.C=C(S)C(=O)NC1CCCC(n2c(-c3ccccn3)nc3cc(C(N)=O)ccc32)C1.CC(C)C(=O)NC1CCCC(n2c(-c3ccccn3)nc3cc(C(N)=O)ccc32)C1. The minimum absolute atomic E-state index is 0.0243. The first-order chi connectivity index (χ1) is 60.6. The number of carbonyl (C=O) groups is 7. The Labute approximate surface area is 745 Å². The number of nitrogens with one attached hydrogen (secondary N) is 3. The van der Waals surface area contributed by atoms with Gasteiger partial charge >= 0.3 is 0 Å². The van der Waals surface area contributed by atoms with Crippen LogP contribution in [0.25, 0.3) is 90.2 Å². The molecule has 7 amide bonds. The number of likely N-dealkylation sites (N-methyl/N-ethyl adjacent to an activating group) is 1. The number of sulfonamides is 1. The fourth-order valence-electron chi connectivity index (χ4n) is 17.4. The fraction of sp³-hybridized carbons (Fsp3) is 0.344. The predicted molar refractivity (Wildman–Crippen MR) is 500 cm³/mol. The highest BCUT2D eigenvalue weighted by atomic mass is 32.3. The summed E-state index contributed by atoms with van der Waals surface area (Å²) in [5, 5.41) is 6.21. The third kappa shape index (κ3) is 21.2. The highest BCUT2D eigenvalue weighted by molar-refractivity contribution is 8.17. The maximum Gasteiger partial charge on any atom is 0.259 e. The van der Waals surface area contributed by atoms with Gasteiger partial charge in [-0.3, -0.25) is 53.5 Å². The van der Waals surface area contributed by atoms with E-state index in [9.17, 15) is 42.0 Å². The maximum atomic E-state index is 13.0. The lowest BCUT2D eigenvalue weighted by atomic mass is 9.89. The van der Waals surface area contributed by atoms with E-state index in [1.165, 1.54) is 23.5 Å². The van der Waals surface area contributed by atoms with Gasteiger partial charge in [0.25, 0.3) is 11.8 Å². The van der Waals surface area contributed by atoms with Crippen LogP contribution in [-0.2, 0) is 24.4 Å². The molecule has 4 aliphatic carbocycles. The van der Waals surface area contributed by atoms with Gasteiger partial charge in [0.2, 0.25) is 39.6 Å². The Kier molecular flexibility index (Phi) is 30.0. The molecule has 4 fully saturated rings. The number of hydrogen-bond acceptors (Lipinski definition) is 20. The van der Waals surface area contributed by atoms with Gasteiger partial charge in [0, 0.05) is 108 Å². The van der Waals surface area contributed by atoms with Crippen LogP contribution in [0.5, 0.6) is 0 Å². The number of pyridine rings is 4. The van der Waals surface area contributed by atoms with Crippen molar-refractivity contribution in [1.82, 2.24) is 78.4 Å². The van der Waals surface area contributed by atoms with Crippen LogP contribution in [0.4, 0.5) is 0 Å². The zero-order chi connectivity index (χ0) is 89.6. The van der Waals surface area contributed by atoms with Gasteiger partial charge in [0.15, 0.2) is 23.3 Å². The smallest absolute Gasteiger partial charge is 0.259 e. The molecule has 0 saturated heterocycles. The molecule has 0 spiro atoms. The van der Waals surface area contributed by atoms with E-state index in [0.717, 1.165) is 175 Å². The number of fused-ring (bicyclic) bond motifs is 4. The van der Waals surface area contributed by atoms with E-state index in [2.05, 4.69) is 72.8 Å². The van der Waals surface area contributed by atoms with Gasteiger partial charge in [-0.05, 0) is 250 Å². The molecule has 126 heavy (non-hydrogen) atoms. The highest BCUT2D eigenvalue weighted by Crippen LogP contribution is 2.43. The number of hydrogen-bond donors (Lipinski definition) is 8. The zero-order valence-corrected chi connectivity index (χ0v) is 74.9. The van der Waals surface area contributed by atoms with Gasteiger partial charge < -0.3 is 56.7 Å². The summed E-state index contributed by atoms with van der Waals surface area (Å²) in [6.07, 6.45) is 28.5. The lowest BCUT2D eigenvalue weighted by Gasteiger charge is -2.36. The lowest BCUT2D eigenvalue weighted by Crippen LogP contribution is -2.41. The van der Waals surface area contributed by atoms with Crippen molar-refractivity contribution in [3.63, 3.8) is 0 Å². The van der Waals surface area contributed by atoms with E-state index in [1.807, 2.05) is 142 Å². The quantitative estimate of drug-likeness (QED) is 0.0218. The summed E-state index contributed by atoms with van der Waals surface area (Å²) in [7, 11) is -1.65. The first kappa shape index (κ1) is 91.5. The number of nitrogens with two attached hydrogens (primary N) is 4. The van der Waals surface area contributed by atoms with Crippen molar-refractivity contribution in [2.24, 2.45) is 28.9 Å². The largest absolute Gasteiger partial charge is 0.366 e. The number of aromatic nitrogens is 12. The number of primary amides is 4. The van der Waals surface area contributed by atoms with Crippen molar-refractivity contribution in [2.45, 2.75) is 179 Å². The number of nitrogens with zero attached hydrogens (tertiary/aromatic N) is 13. The molecule has 16 rings (SSSR count). The van der Waals surface area contributed by atoms with Crippen molar-refractivity contribution in [1.29, 1.82) is 0 Å². The molecule has 8 aromatic heterocycles. The molecule has 29 nitrogen and oxygen atoms in total.